The highest BCUT2D eigenvalue weighted by Gasteiger charge is 2.37. The van der Waals surface area contributed by atoms with Crippen molar-refractivity contribution in [3.8, 4) is 0 Å². The summed E-state index contributed by atoms with van der Waals surface area (Å²) in [7, 11) is 0. The zero-order chi connectivity index (χ0) is 12.4. The highest BCUT2D eigenvalue weighted by Crippen LogP contribution is 2.39. The monoisotopic (exact) mass is 268 g/mol. The van der Waals surface area contributed by atoms with Crippen LogP contribution in [0.25, 0.3) is 0 Å². The van der Waals surface area contributed by atoms with Crippen molar-refractivity contribution in [1.82, 2.24) is 10.2 Å². The molecule has 3 aliphatic rings. The molecule has 18 heavy (non-hydrogen) atoms. The van der Waals surface area contributed by atoms with E-state index in [1.165, 1.54) is 70.5 Å². The lowest BCUT2D eigenvalue weighted by Gasteiger charge is -2.39. The van der Waals surface area contributed by atoms with Crippen LogP contribution in [-0.2, 0) is 0 Å². The van der Waals surface area contributed by atoms with Crippen molar-refractivity contribution in [3.05, 3.63) is 0 Å². The summed E-state index contributed by atoms with van der Waals surface area (Å²) in [5.74, 6) is 1.34. The molecule has 0 amide bonds. The van der Waals surface area contributed by atoms with E-state index in [-0.39, 0.29) is 0 Å². The van der Waals surface area contributed by atoms with Crippen molar-refractivity contribution in [2.45, 2.75) is 56.7 Å². The van der Waals surface area contributed by atoms with Crippen molar-refractivity contribution < 1.29 is 0 Å². The van der Waals surface area contributed by atoms with E-state index >= 15 is 0 Å². The fraction of sp³-hybridized carbons (Fsp3) is 1.00. The number of thioether (sulfide) groups is 1. The van der Waals surface area contributed by atoms with Crippen LogP contribution in [0.2, 0.25) is 0 Å². The van der Waals surface area contributed by atoms with Gasteiger partial charge in [0.15, 0.2) is 0 Å². The van der Waals surface area contributed by atoms with Crippen LogP contribution in [0, 0.1) is 5.41 Å². The minimum absolute atomic E-state index is 0.615. The van der Waals surface area contributed by atoms with E-state index < -0.39 is 0 Å². The highest BCUT2D eigenvalue weighted by atomic mass is 32.2. The van der Waals surface area contributed by atoms with E-state index in [0.29, 0.717) is 5.41 Å². The Morgan fingerprint density at radius 2 is 2.06 bits per heavy atom. The van der Waals surface area contributed by atoms with E-state index in [0.717, 1.165) is 11.3 Å². The Labute approximate surface area is 116 Å². The topological polar surface area (TPSA) is 15.3 Å². The maximum Gasteiger partial charge on any atom is 0.0147 e. The van der Waals surface area contributed by atoms with E-state index in [4.69, 9.17) is 0 Å². The van der Waals surface area contributed by atoms with Gasteiger partial charge in [0.25, 0.3) is 0 Å². The molecular formula is C15H28N2S. The fourth-order valence-electron chi connectivity index (χ4n) is 3.67. The summed E-state index contributed by atoms with van der Waals surface area (Å²) in [4.78, 5) is 2.75. The van der Waals surface area contributed by atoms with Gasteiger partial charge in [0, 0.05) is 43.2 Å². The molecule has 1 heterocycles. The van der Waals surface area contributed by atoms with Crippen LogP contribution in [-0.4, -0.2) is 48.1 Å². The molecule has 1 atom stereocenters. The lowest BCUT2D eigenvalue weighted by Crippen LogP contribution is -2.47. The van der Waals surface area contributed by atoms with Gasteiger partial charge >= 0.3 is 0 Å². The third kappa shape index (κ3) is 3.43. The van der Waals surface area contributed by atoms with Gasteiger partial charge in [0.1, 0.15) is 0 Å². The molecule has 3 rings (SSSR count). The smallest absolute Gasteiger partial charge is 0.0147 e. The van der Waals surface area contributed by atoms with E-state index in [9.17, 15) is 0 Å². The molecule has 0 aromatic carbocycles. The van der Waals surface area contributed by atoms with Gasteiger partial charge < -0.3 is 10.2 Å². The first-order chi connectivity index (χ1) is 8.76. The third-order valence-electron chi connectivity index (χ3n) is 4.89. The largest absolute Gasteiger partial charge is 0.313 e. The number of hydrogen-bond donors (Lipinski definition) is 1. The molecule has 0 bridgehead atoms. The van der Waals surface area contributed by atoms with Crippen LogP contribution in [0.1, 0.15) is 45.4 Å². The summed E-state index contributed by atoms with van der Waals surface area (Å²) >= 11 is 2.15. The number of nitrogens with one attached hydrogen (secondary N) is 1. The van der Waals surface area contributed by atoms with Crippen molar-refractivity contribution in [3.63, 3.8) is 0 Å². The first-order valence-electron chi connectivity index (χ1n) is 7.83. The molecule has 1 saturated heterocycles. The predicted octanol–water partition coefficient (Wildman–Crippen LogP) is 2.74. The van der Waals surface area contributed by atoms with Crippen LogP contribution < -0.4 is 5.32 Å². The zero-order valence-corrected chi connectivity index (χ0v) is 12.6. The second-order valence-corrected chi connectivity index (χ2v) is 8.33. The summed E-state index contributed by atoms with van der Waals surface area (Å²) in [6, 6.07) is 0.873. The molecule has 1 N–H and O–H groups in total. The predicted molar refractivity (Wildman–Crippen MR) is 80.3 cm³/mol. The van der Waals surface area contributed by atoms with Crippen molar-refractivity contribution in [2.24, 2.45) is 5.41 Å². The van der Waals surface area contributed by atoms with Gasteiger partial charge in [0.2, 0.25) is 0 Å². The Hall–Kier alpha value is 0.270. The van der Waals surface area contributed by atoms with Gasteiger partial charge in [-0.3, -0.25) is 0 Å². The highest BCUT2D eigenvalue weighted by molar-refractivity contribution is 7.99. The molecule has 0 aromatic rings. The van der Waals surface area contributed by atoms with Gasteiger partial charge in [-0.25, -0.2) is 0 Å². The minimum atomic E-state index is 0.615. The first-order valence-corrected chi connectivity index (χ1v) is 8.88. The molecule has 2 aliphatic carbocycles. The maximum absolute atomic E-state index is 3.81. The average molecular weight is 268 g/mol. The lowest BCUT2D eigenvalue weighted by molar-refractivity contribution is 0.152. The minimum Gasteiger partial charge on any atom is -0.313 e. The Morgan fingerprint density at radius 1 is 1.28 bits per heavy atom. The van der Waals surface area contributed by atoms with E-state index in [1.54, 1.807) is 0 Å². The quantitative estimate of drug-likeness (QED) is 0.825. The van der Waals surface area contributed by atoms with Crippen molar-refractivity contribution in [1.29, 1.82) is 0 Å². The van der Waals surface area contributed by atoms with Crippen LogP contribution in [0.15, 0.2) is 0 Å². The first kappa shape index (κ1) is 13.3. The number of nitrogens with zero attached hydrogens (tertiary/aromatic N) is 1. The molecule has 0 radical (unpaired) electrons. The fourth-order valence-corrected chi connectivity index (χ4v) is 4.75. The second-order valence-electron chi connectivity index (χ2n) is 6.78. The normalized spacial score (nSPS) is 32.8. The molecular weight excluding hydrogens is 240 g/mol. The Bertz CT molecular complexity index is 272. The van der Waals surface area contributed by atoms with E-state index in [1.807, 2.05) is 0 Å². The Kier molecular flexibility index (Phi) is 4.21. The second kappa shape index (κ2) is 5.72. The summed E-state index contributed by atoms with van der Waals surface area (Å²) < 4.78 is 0. The Balaban J connectivity index is 1.54. The maximum atomic E-state index is 3.81. The van der Waals surface area contributed by atoms with Gasteiger partial charge in [-0.2, -0.15) is 11.8 Å². The van der Waals surface area contributed by atoms with Crippen molar-refractivity contribution >= 4 is 11.8 Å². The summed E-state index contributed by atoms with van der Waals surface area (Å²) in [6.07, 6.45) is 8.70. The molecule has 2 saturated carbocycles. The standard InChI is InChI=1S/C15H28N2S/c1-13-10-17(8-9-18-13)12-15(6-2-3-7-15)11-16-14-4-5-14/h13-14,16H,2-12H2,1H3. The number of rotatable bonds is 5. The molecule has 3 fully saturated rings. The molecule has 2 nitrogen and oxygen atoms in total. The van der Waals surface area contributed by atoms with Crippen LogP contribution in [0.4, 0.5) is 0 Å². The molecule has 1 aliphatic heterocycles. The van der Waals surface area contributed by atoms with Gasteiger partial charge in [0.05, 0.1) is 0 Å². The van der Waals surface area contributed by atoms with Crippen LogP contribution in [0.5, 0.6) is 0 Å². The average Bonchev–Trinajstić information content (AvgIpc) is 3.08. The SMILES string of the molecule is CC1CN(CC2(CNC3CC3)CCCC2)CCS1. The third-order valence-corrected chi connectivity index (χ3v) is 6.03. The summed E-state index contributed by atoms with van der Waals surface area (Å²) in [5.41, 5.74) is 0.615. The van der Waals surface area contributed by atoms with Gasteiger partial charge in [-0.15, -0.1) is 0 Å². The number of hydrogen-bond acceptors (Lipinski definition) is 3. The molecule has 1 unspecified atom stereocenters. The van der Waals surface area contributed by atoms with Crippen molar-refractivity contribution in [2.75, 3.05) is 31.9 Å². The van der Waals surface area contributed by atoms with Gasteiger partial charge in [-0.1, -0.05) is 19.8 Å². The van der Waals surface area contributed by atoms with Crippen LogP contribution in [0.3, 0.4) is 0 Å². The molecule has 104 valence electrons. The lowest BCUT2D eigenvalue weighted by atomic mass is 9.85. The molecule has 0 spiro atoms. The summed E-state index contributed by atoms with van der Waals surface area (Å²) in [6.45, 7) is 7.67. The van der Waals surface area contributed by atoms with Crippen LogP contribution >= 0.6 is 11.8 Å². The van der Waals surface area contributed by atoms with E-state index in [2.05, 4.69) is 28.9 Å². The van der Waals surface area contributed by atoms with Gasteiger partial charge in [-0.05, 0) is 31.1 Å². The summed E-state index contributed by atoms with van der Waals surface area (Å²) in [5, 5.41) is 4.65. The zero-order valence-electron chi connectivity index (χ0n) is 11.8. The molecule has 0 aromatic heterocycles. The molecule has 3 heteroatoms. The Morgan fingerprint density at radius 3 is 2.72 bits per heavy atom.